The molecule has 0 aliphatic heterocycles. The van der Waals surface area contributed by atoms with Crippen LogP contribution in [0.4, 0.5) is 5.00 Å². The van der Waals surface area contributed by atoms with Gasteiger partial charge in [0.1, 0.15) is 5.00 Å². The Morgan fingerprint density at radius 2 is 2.12 bits per heavy atom. The molecule has 0 aromatic carbocycles. The first kappa shape index (κ1) is 18.6. The molecule has 5 nitrogen and oxygen atoms in total. The van der Waals surface area contributed by atoms with Crippen LogP contribution in [0.25, 0.3) is 0 Å². The summed E-state index contributed by atoms with van der Waals surface area (Å²) >= 11 is 6.60. The second kappa shape index (κ2) is 7.57. The average molecular weight is 442 g/mol. The number of carbonyl (C=O) groups is 2. The number of thiophene rings is 2. The second-order valence-corrected chi connectivity index (χ2v) is 9.86. The number of nitrogens with two attached hydrogens (primary N) is 1. The van der Waals surface area contributed by atoms with Gasteiger partial charge in [-0.2, -0.15) is 0 Å². The van der Waals surface area contributed by atoms with Gasteiger partial charge in [0.25, 0.3) is 5.91 Å². The van der Waals surface area contributed by atoms with E-state index in [0.717, 1.165) is 28.6 Å². The maximum atomic E-state index is 12.6. The van der Waals surface area contributed by atoms with Crippen molar-refractivity contribution in [3.8, 4) is 0 Å². The molecule has 2 amide bonds. The van der Waals surface area contributed by atoms with Gasteiger partial charge >= 0.3 is 0 Å². The molecule has 3 N–H and O–H groups in total. The number of amides is 2. The third kappa shape index (κ3) is 3.97. The van der Waals surface area contributed by atoms with Gasteiger partial charge in [0, 0.05) is 16.3 Å². The Morgan fingerprint density at radius 3 is 2.76 bits per heavy atom. The SMILES string of the molecule is CC(C(=O)Nc1sc2c(c1C(N)=O)CCC2)N(C)Cc1ccc(Br)s1. The fourth-order valence-corrected chi connectivity index (χ4v) is 5.83. The number of fused-ring (bicyclic) bond motifs is 1. The Bertz CT molecular complexity index is 815. The van der Waals surface area contributed by atoms with Gasteiger partial charge in [0.2, 0.25) is 5.91 Å². The lowest BCUT2D eigenvalue weighted by atomic mass is 10.1. The minimum atomic E-state index is -0.459. The van der Waals surface area contributed by atoms with Gasteiger partial charge in [-0.05, 0) is 66.9 Å². The summed E-state index contributed by atoms with van der Waals surface area (Å²) in [5, 5.41) is 3.52. The maximum Gasteiger partial charge on any atom is 0.251 e. The summed E-state index contributed by atoms with van der Waals surface area (Å²) in [6, 6.07) is 3.73. The normalized spacial score (nSPS) is 14.6. The van der Waals surface area contributed by atoms with Gasteiger partial charge in [0.05, 0.1) is 15.4 Å². The van der Waals surface area contributed by atoms with Crippen molar-refractivity contribution in [3.63, 3.8) is 0 Å². The molecular weight excluding hydrogens is 422 g/mol. The van der Waals surface area contributed by atoms with Crippen molar-refractivity contribution < 1.29 is 9.59 Å². The van der Waals surface area contributed by atoms with Crippen molar-refractivity contribution >= 4 is 55.4 Å². The Hall–Kier alpha value is -1.22. The Balaban J connectivity index is 1.70. The average Bonchev–Trinajstić information content (AvgIpc) is 3.22. The fraction of sp³-hybridized carbons (Fsp3) is 0.412. The number of anilines is 1. The predicted molar refractivity (Wildman–Crippen MR) is 106 cm³/mol. The lowest BCUT2D eigenvalue weighted by Gasteiger charge is -2.23. The first-order valence-corrected chi connectivity index (χ1v) is 10.5. The van der Waals surface area contributed by atoms with Crippen molar-refractivity contribution in [2.45, 2.75) is 38.8 Å². The lowest BCUT2D eigenvalue weighted by Crippen LogP contribution is -2.39. The number of nitrogens with zero attached hydrogens (tertiary/aromatic N) is 1. The molecule has 0 saturated heterocycles. The summed E-state index contributed by atoms with van der Waals surface area (Å²) < 4.78 is 1.08. The zero-order chi connectivity index (χ0) is 18.1. The minimum absolute atomic E-state index is 0.124. The monoisotopic (exact) mass is 441 g/mol. The van der Waals surface area contributed by atoms with Crippen molar-refractivity contribution in [1.82, 2.24) is 4.90 Å². The molecule has 2 heterocycles. The highest BCUT2D eigenvalue weighted by atomic mass is 79.9. The Labute approximate surface area is 163 Å². The number of carbonyl (C=O) groups excluding carboxylic acids is 2. The summed E-state index contributed by atoms with van der Waals surface area (Å²) in [5.41, 5.74) is 7.08. The molecular formula is C17H20BrN3O2S2. The highest BCUT2D eigenvalue weighted by Crippen LogP contribution is 2.39. The first-order chi connectivity index (χ1) is 11.9. The molecule has 0 spiro atoms. The summed E-state index contributed by atoms with van der Waals surface area (Å²) in [6.07, 6.45) is 2.87. The highest BCUT2D eigenvalue weighted by molar-refractivity contribution is 9.11. The Kier molecular flexibility index (Phi) is 5.62. The van der Waals surface area contributed by atoms with Crippen LogP contribution in [0, 0.1) is 0 Å². The molecule has 0 fully saturated rings. The molecule has 0 saturated carbocycles. The molecule has 25 heavy (non-hydrogen) atoms. The van der Waals surface area contributed by atoms with Gasteiger partial charge in [-0.1, -0.05) is 0 Å². The number of nitrogens with one attached hydrogen (secondary N) is 1. The van der Waals surface area contributed by atoms with Crippen LogP contribution in [0.2, 0.25) is 0 Å². The Morgan fingerprint density at radius 1 is 1.36 bits per heavy atom. The molecule has 134 valence electrons. The molecule has 0 bridgehead atoms. The van der Waals surface area contributed by atoms with Crippen LogP contribution in [0.3, 0.4) is 0 Å². The molecule has 1 aliphatic carbocycles. The lowest BCUT2D eigenvalue weighted by molar-refractivity contribution is -0.120. The van der Waals surface area contributed by atoms with E-state index in [2.05, 4.69) is 21.2 Å². The van der Waals surface area contributed by atoms with Crippen LogP contribution in [-0.2, 0) is 24.2 Å². The number of hydrogen-bond acceptors (Lipinski definition) is 5. The molecule has 1 atom stereocenters. The van der Waals surface area contributed by atoms with E-state index in [1.165, 1.54) is 21.1 Å². The molecule has 1 unspecified atom stereocenters. The topological polar surface area (TPSA) is 75.4 Å². The minimum Gasteiger partial charge on any atom is -0.365 e. The predicted octanol–water partition coefficient (Wildman–Crippen LogP) is 3.62. The largest absolute Gasteiger partial charge is 0.365 e. The van der Waals surface area contributed by atoms with E-state index in [0.29, 0.717) is 17.1 Å². The smallest absolute Gasteiger partial charge is 0.251 e. The highest BCUT2D eigenvalue weighted by Gasteiger charge is 2.27. The van der Waals surface area contributed by atoms with Gasteiger partial charge in [-0.25, -0.2) is 0 Å². The number of primary amides is 1. The van der Waals surface area contributed by atoms with Crippen LogP contribution in [0.15, 0.2) is 15.9 Å². The van der Waals surface area contributed by atoms with E-state index >= 15 is 0 Å². The van der Waals surface area contributed by atoms with Crippen LogP contribution in [0.1, 0.15) is 39.0 Å². The molecule has 2 aromatic heterocycles. The standard InChI is InChI=1S/C17H20BrN3O2S2/c1-9(21(2)8-10-6-7-13(18)24-10)16(23)20-17-14(15(19)22)11-4-3-5-12(11)25-17/h6-7,9H,3-5,8H2,1-2H3,(H2,19,22)(H,20,23). The van der Waals surface area contributed by atoms with Gasteiger partial charge < -0.3 is 11.1 Å². The van der Waals surface area contributed by atoms with Crippen LogP contribution in [0.5, 0.6) is 0 Å². The van der Waals surface area contributed by atoms with Crippen molar-refractivity contribution in [1.29, 1.82) is 0 Å². The number of hydrogen-bond donors (Lipinski definition) is 2. The second-order valence-electron chi connectivity index (χ2n) is 6.21. The summed E-state index contributed by atoms with van der Waals surface area (Å²) in [5.74, 6) is -0.584. The number of likely N-dealkylation sites (N-methyl/N-ethyl adjacent to an activating group) is 1. The van der Waals surface area contributed by atoms with E-state index in [9.17, 15) is 9.59 Å². The van der Waals surface area contributed by atoms with Crippen LogP contribution >= 0.6 is 38.6 Å². The van der Waals surface area contributed by atoms with Crippen molar-refractivity contribution in [3.05, 3.63) is 36.8 Å². The van der Waals surface area contributed by atoms with E-state index < -0.39 is 5.91 Å². The fourth-order valence-electron chi connectivity index (χ4n) is 2.99. The molecule has 2 aromatic rings. The molecule has 3 rings (SSSR count). The van der Waals surface area contributed by atoms with Crippen LogP contribution in [-0.4, -0.2) is 29.8 Å². The number of aryl methyl sites for hydroxylation is 1. The zero-order valence-corrected chi connectivity index (χ0v) is 17.3. The van der Waals surface area contributed by atoms with E-state index in [4.69, 9.17) is 5.73 Å². The third-order valence-corrected chi connectivity index (χ3v) is 7.29. The van der Waals surface area contributed by atoms with E-state index in [1.54, 1.807) is 11.3 Å². The van der Waals surface area contributed by atoms with Crippen LogP contribution < -0.4 is 11.1 Å². The van der Waals surface area contributed by atoms with Gasteiger partial charge in [-0.3, -0.25) is 14.5 Å². The molecule has 8 heteroatoms. The van der Waals surface area contributed by atoms with Gasteiger partial charge in [0.15, 0.2) is 0 Å². The maximum absolute atomic E-state index is 12.6. The van der Waals surface area contributed by atoms with Crippen molar-refractivity contribution in [2.75, 3.05) is 12.4 Å². The summed E-state index contributed by atoms with van der Waals surface area (Å²) in [7, 11) is 1.92. The third-order valence-electron chi connectivity index (χ3n) is 4.48. The first-order valence-electron chi connectivity index (χ1n) is 8.06. The summed E-state index contributed by atoms with van der Waals surface area (Å²) in [4.78, 5) is 28.8. The van der Waals surface area contributed by atoms with Gasteiger partial charge in [-0.15, -0.1) is 22.7 Å². The van der Waals surface area contributed by atoms with E-state index in [-0.39, 0.29) is 11.9 Å². The summed E-state index contributed by atoms with van der Waals surface area (Å²) in [6.45, 7) is 2.55. The van der Waals surface area contributed by atoms with Crippen molar-refractivity contribution in [2.24, 2.45) is 5.73 Å². The van der Waals surface area contributed by atoms with E-state index in [1.807, 2.05) is 31.0 Å². The number of rotatable bonds is 6. The molecule has 1 aliphatic rings. The zero-order valence-electron chi connectivity index (χ0n) is 14.1. The quantitative estimate of drug-likeness (QED) is 0.718. The number of halogens is 1. The molecule has 0 radical (unpaired) electrons.